The van der Waals surface area contributed by atoms with Crippen molar-refractivity contribution in [3.63, 3.8) is 0 Å². The number of aromatic nitrogens is 2. The second kappa shape index (κ2) is 7.77. The summed E-state index contributed by atoms with van der Waals surface area (Å²) in [6.45, 7) is 2.19. The Balaban J connectivity index is 1.58. The number of nitrogens with zero attached hydrogens (tertiary/aromatic N) is 2. The molecule has 5 nitrogen and oxygen atoms in total. The molecule has 0 saturated carbocycles. The maximum atomic E-state index is 12.3. The molecular weight excluding hydrogens is 314 g/mol. The predicted molar refractivity (Wildman–Crippen MR) is 96.8 cm³/mol. The van der Waals surface area contributed by atoms with Crippen molar-refractivity contribution >= 4 is 5.91 Å². The maximum Gasteiger partial charge on any atom is 0.254 e. The highest BCUT2D eigenvalue weighted by atomic mass is 16.3. The molecule has 128 valence electrons. The molecule has 1 aromatic heterocycles. The van der Waals surface area contributed by atoms with Crippen LogP contribution in [0.5, 0.6) is 0 Å². The molecule has 0 radical (unpaired) electrons. The molecule has 0 aliphatic rings. The lowest BCUT2D eigenvalue weighted by Crippen LogP contribution is -2.33. The number of hydrogen-bond acceptors (Lipinski definition) is 3. The van der Waals surface area contributed by atoms with Gasteiger partial charge in [0.05, 0.1) is 23.6 Å². The van der Waals surface area contributed by atoms with Gasteiger partial charge in [0.1, 0.15) is 0 Å². The van der Waals surface area contributed by atoms with E-state index in [1.54, 1.807) is 10.9 Å². The summed E-state index contributed by atoms with van der Waals surface area (Å²) in [6, 6.07) is 17.6. The molecule has 3 rings (SSSR count). The van der Waals surface area contributed by atoms with Crippen molar-refractivity contribution in [3.05, 3.63) is 83.7 Å². The lowest BCUT2D eigenvalue weighted by Gasteiger charge is -2.11. The summed E-state index contributed by atoms with van der Waals surface area (Å²) in [5.41, 5.74) is 3.52. The second-order valence-electron chi connectivity index (χ2n) is 6.01. The number of hydrogen-bond donors (Lipinski definition) is 2. The van der Waals surface area contributed by atoms with Gasteiger partial charge in [-0.15, -0.1) is 0 Å². The molecule has 1 unspecified atom stereocenters. The van der Waals surface area contributed by atoms with Gasteiger partial charge in [-0.05, 0) is 24.1 Å². The SMILES string of the molecule is Cc1ccccc1-n1cc(C(=O)NCC(O)Cc2ccccc2)cn1. The van der Waals surface area contributed by atoms with Crippen LogP contribution in [0, 0.1) is 6.92 Å². The summed E-state index contributed by atoms with van der Waals surface area (Å²) in [6.07, 6.45) is 3.11. The number of aliphatic hydroxyl groups is 1. The van der Waals surface area contributed by atoms with Crippen molar-refractivity contribution in [2.45, 2.75) is 19.4 Å². The first-order valence-electron chi connectivity index (χ1n) is 8.24. The molecular formula is C20H21N3O2. The number of rotatable bonds is 6. The number of carbonyl (C=O) groups excluding carboxylic acids is 1. The van der Waals surface area contributed by atoms with E-state index >= 15 is 0 Å². The molecule has 25 heavy (non-hydrogen) atoms. The Labute approximate surface area is 146 Å². The van der Waals surface area contributed by atoms with E-state index in [9.17, 15) is 9.90 Å². The number of nitrogens with one attached hydrogen (secondary N) is 1. The van der Waals surface area contributed by atoms with E-state index in [0.29, 0.717) is 12.0 Å². The Hall–Kier alpha value is -2.92. The Morgan fingerprint density at radius 2 is 1.88 bits per heavy atom. The second-order valence-corrected chi connectivity index (χ2v) is 6.01. The monoisotopic (exact) mass is 335 g/mol. The minimum atomic E-state index is -0.627. The van der Waals surface area contributed by atoms with Gasteiger partial charge in [-0.1, -0.05) is 48.5 Å². The standard InChI is InChI=1S/C20H21N3O2/c1-15-7-5-6-10-19(15)23-14-17(12-22-23)20(25)21-13-18(24)11-16-8-3-2-4-9-16/h2-10,12,14,18,24H,11,13H2,1H3,(H,21,25). The first kappa shape index (κ1) is 16.9. The fraction of sp³-hybridized carbons (Fsp3) is 0.200. The van der Waals surface area contributed by atoms with E-state index in [4.69, 9.17) is 0 Å². The number of amides is 1. The fourth-order valence-corrected chi connectivity index (χ4v) is 2.66. The average Bonchev–Trinajstić information content (AvgIpc) is 3.11. The minimum Gasteiger partial charge on any atom is -0.391 e. The predicted octanol–water partition coefficient (Wildman–Crippen LogP) is 2.51. The van der Waals surface area contributed by atoms with Crippen LogP contribution in [-0.4, -0.2) is 33.4 Å². The molecule has 1 amide bonds. The average molecular weight is 335 g/mol. The van der Waals surface area contributed by atoms with Crippen molar-refractivity contribution in [1.29, 1.82) is 0 Å². The zero-order valence-corrected chi connectivity index (χ0v) is 14.1. The van der Waals surface area contributed by atoms with Gasteiger partial charge in [-0.25, -0.2) is 4.68 Å². The summed E-state index contributed by atoms with van der Waals surface area (Å²) in [5.74, 6) is -0.244. The molecule has 2 N–H and O–H groups in total. The Morgan fingerprint density at radius 3 is 2.64 bits per heavy atom. The Bertz CT molecular complexity index is 843. The van der Waals surface area contributed by atoms with Gasteiger partial charge in [0.25, 0.3) is 5.91 Å². The van der Waals surface area contributed by atoms with Crippen LogP contribution in [0.1, 0.15) is 21.5 Å². The molecule has 0 aliphatic heterocycles. The van der Waals surface area contributed by atoms with Gasteiger partial charge in [0.15, 0.2) is 0 Å². The van der Waals surface area contributed by atoms with Crippen LogP contribution in [0.3, 0.4) is 0 Å². The third-order valence-corrected chi connectivity index (χ3v) is 4.02. The zero-order chi connectivity index (χ0) is 17.6. The molecule has 3 aromatic rings. The van der Waals surface area contributed by atoms with Crippen LogP contribution in [0.4, 0.5) is 0 Å². The minimum absolute atomic E-state index is 0.198. The highest BCUT2D eigenvalue weighted by Gasteiger charge is 2.12. The summed E-state index contributed by atoms with van der Waals surface area (Å²) in [5, 5.41) is 17.1. The quantitative estimate of drug-likeness (QED) is 0.727. The van der Waals surface area contributed by atoms with Gasteiger partial charge in [0.2, 0.25) is 0 Å². The van der Waals surface area contributed by atoms with Crippen molar-refractivity contribution in [2.24, 2.45) is 0 Å². The van der Waals surface area contributed by atoms with Crippen LogP contribution in [0.25, 0.3) is 5.69 Å². The summed E-state index contributed by atoms with van der Waals surface area (Å²) < 4.78 is 1.69. The molecule has 5 heteroatoms. The first-order chi connectivity index (χ1) is 12.1. The molecule has 0 spiro atoms. The molecule has 0 fully saturated rings. The Morgan fingerprint density at radius 1 is 1.16 bits per heavy atom. The van der Waals surface area contributed by atoms with Crippen molar-refractivity contribution in [1.82, 2.24) is 15.1 Å². The van der Waals surface area contributed by atoms with Gasteiger partial charge < -0.3 is 10.4 Å². The lowest BCUT2D eigenvalue weighted by molar-refractivity contribution is 0.0916. The smallest absolute Gasteiger partial charge is 0.254 e. The fourth-order valence-electron chi connectivity index (χ4n) is 2.66. The van der Waals surface area contributed by atoms with Crippen molar-refractivity contribution in [2.75, 3.05) is 6.54 Å². The largest absolute Gasteiger partial charge is 0.391 e. The van der Waals surface area contributed by atoms with Gasteiger partial charge >= 0.3 is 0 Å². The van der Waals surface area contributed by atoms with E-state index in [-0.39, 0.29) is 12.5 Å². The van der Waals surface area contributed by atoms with E-state index in [1.165, 1.54) is 6.20 Å². The summed E-state index contributed by atoms with van der Waals surface area (Å²) >= 11 is 0. The zero-order valence-electron chi connectivity index (χ0n) is 14.1. The van der Waals surface area contributed by atoms with Crippen molar-refractivity contribution in [3.8, 4) is 5.69 Å². The number of benzene rings is 2. The molecule has 2 aromatic carbocycles. The number of aliphatic hydroxyl groups excluding tert-OH is 1. The van der Waals surface area contributed by atoms with Crippen LogP contribution in [0.15, 0.2) is 67.0 Å². The molecule has 1 heterocycles. The van der Waals surface area contributed by atoms with Crippen LogP contribution >= 0.6 is 0 Å². The van der Waals surface area contributed by atoms with Crippen LogP contribution in [-0.2, 0) is 6.42 Å². The van der Waals surface area contributed by atoms with Crippen molar-refractivity contribution < 1.29 is 9.90 Å². The van der Waals surface area contributed by atoms with E-state index in [1.807, 2.05) is 61.5 Å². The van der Waals surface area contributed by atoms with Crippen LogP contribution < -0.4 is 5.32 Å². The molecule has 0 bridgehead atoms. The lowest BCUT2D eigenvalue weighted by atomic mass is 10.1. The number of aryl methyl sites for hydroxylation is 1. The normalized spacial score (nSPS) is 11.9. The summed E-state index contributed by atoms with van der Waals surface area (Å²) in [4.78, 5) is 12.3. The molecule has 0 aliphatic carbocycles. The molecule has 1 atom stereocenters. The Kier molecular flexibility index (Phi) is 5.26. The highest BCUT2D eigenvalue weighted by molar-refractivity contribution is 5.93. The third kappa shape index (κ3) is 4.33. The topological polar surface area (TPSA) is 67.2 Å². The highest BCUT2D eigenvalue weighted by Crippen LogP contribution is 2.13. The van der Waals surface area contributed by atoms with Crippen LogP contribution in [0.2, 0.25) is 0 Å². The third-order valence-electron chi connectivity index (χ3n) is 4.02. The van der Waals surface area contributed by atoms with Gasteiger partial charge in [0, 0.05) is 19.2 Å². The first-order valence-corrected chi connectivity index (χ1v) is 8.24. The van der Waals surface area contributed by atoms with E-state index < -0.39 is 6.10 Å². The van der Waals surface area contributed by atoms with Gasteiger partial charge in [-0.3, -0.25) is 4.79 Å². The van der Waals surface area contributed by atoms with E-state index in [2.05, 4.69) is 10.4 Å². The van der Waals surface area contributed by atoms with E-state index in [0.717, 1.165) is 16.8 Å². The maximum absolute atomic E-state index is 12.3. The molecule has 0 saturated heterocycles. The number of carbonyl (C=O) groups is 1. The number of para-hydroxylation sites is 1. The summed E-state index contributed by atoms with van der Waals surface area (Å²) in [7, 11) is 0. The van der Waals surface area contributed by atoms with Gasteiger partial charge in [-0.2, -0.15) is 5.10 Å².